The van der Waals surface area contributed by atoms with Gasteiger partial charge < -0.3 is 24.2 Å². The first-order valence-electron chi connectivity index (χ1n) is 11.5. The normalized spacial score (nSPS) is 19.2. The highest BCUT2D eigenvalue weighted by atomic mass is 16.8. The highest BCUT2D eigenvalue weighted by molar-refractivity contribution is 5.60. The largest absolute Gasteiger partial charge is 0.528 e. The predicted octanol–water partition coefficient (Wildman–Crippen LogP) is 4.69. The molecule has 1 heterocycles. The van der Waals surface area contributed by atoms with Crippen molar-refractivity contribution in [2.24, 2.45) is 0 Å². The van der Waals surface area contributed by atoms with Crippen LogP contribution in [0.2, 0.25) is 0 Å². The minimum atomic E-state index is -0.750. The van der Waals surface area contributed by atoms with E-state index >= 15 is 0 Å². The number of rotatable bonds is 9. The number of ether oxygens (including phenoxy) is 3. The first kappa shape index (κ1) is 25.0. The molecular formula is C26H35NO6. The van der Waals surface area contributed by atoms with Crippen LogP contribution in [-0.4, -0.2) is 54.3 Å². The molecule has 0 aromatic heterocycles. The lowest BCUT2D eigenvalue weighted by Gasteiger charge is -2.34. The molecule has 7 heteroatoms. The summed E-state index contributed by atoms with van der Waals surface area (Å²) in [6.07, 6.45) is 0.0848. The maximum absolute atomic E-state index is 11.8. The molecule has 0 saturated carbocycles. The summed E-state index contributed by atoms with van der Waals surface area (Å²) in [6.45, 7) is 7.95. The average molecular weight is 458 g/mol. The number of hydrogen-bond donors (Lipinski definition) is 1. The maximum atomic E-state index is 11.8. The van der Waals surface area contributed by atoms with Crippen LogP contribution in [0.3, 0.4) is 0 Å². The molecule has 1 aliphatic heterocycles. The van der Waals surface area contributed by atoms with E-state index in [1.807, 2.05) is 54.6 Å². The molecule has 0 bridgehead atoms. The van der Waals surface area contributed by atoms with Gasteiger partial charge in [0.2, 0.25) is 0 Å². The number of aliphatic hydroxyl groups excluding tert-OH is 1. The smallest absolute Gasteiger partial charge is 0.494 e. The van der Waals surface area contributed by atoms with E-state index in [9.17, 15) is 9.90 Å². The molecule has 3 rings (SSSR count). The van der Waals surface area contributed by atoms with Crippen LogP contribution >= 0.6 is 0 Å². The number of β-amino-alcohol motifs (C(OH)–C–C–N with tert-alkyl or cyclic N) is 1. The summed E-state index contributed by atoms with van der Waals surface area (Å²) in [5, 5.41) is 12.1. The maximum Gasteiger partial charge on any atom is 0.528 e. The fourth-order valence-corrected chi connectivity index (χ4v) is 3.67. The Hall–Kier alpha value is -2.61. The van der Waals surface area contributed by atoms with E-state index in [0.717, 1.165) is 17.7 Å². The fraction of sp³-hybridized carbons (Fsp3) is 0.500. The second-order valence-electron chi connectivity index (χ2n) is 9.22. The Morgan fingerprint density at radius 1 is 1.06 bits per heavy atom. The zero-order chi connectivity index (χ0) is 23.7. The Morgan fingerprint density at radius 3 is 2.45 bits per heavy atom. The van der Waals surface area contributed by atoms with E-state index in [2.05, 4.69) is 0 Å². The summed E-state index contributed by atoms with van der Waals surface area (Å²) in [5.41, 5.74) is 1.59. The van der Waals surface area contributed by atoms with Crippen LogP contribution in [0, 0.1) is 0 Å². The number of carbonyl (C=O) groups is 1. The average Bonchev–Trinajstić information content (AvgIpc) is 2.76. The molecular weight excluding hydrogens is 422 g/mol. The zero-order valence-corrected chi connectivity index (χ0v) is 19.7. The molecule has 0 radical (unpaired) electrons. The van der Waals surface area contributed by atoms with Gasteiger partial charge in [-0.3, -0.25) is 0 Å². The minimum Gasteiger partial charge on any atom is -0.494 e. The van der Waals surface area contributed by atoms with Crippen molar-refractivity contribution in [1.82, 2.24) is 5.06 Å². The molecule has 2 aromatic carbocycles. The quantitative estimate of drug-likeness (QED) is 0.432. The van der Waals surface area contributed by atoms with Crippen molar-refractivity contribution in [3.63, 3.8) is 0 Å². The van der Waals surface area contributed by atoms with E-state index in [-0.39, 0.29) is 12.5 Å². The van der Waals surface area contributed by atoms with Crippen molar-refractivity contribution in [2.75, 3.05) is 26.3 Å². The van der Waals surface area contributed by atoms with Crippen LogP contribution in [0.5, 0.6) is 5.75 Å². The molecule has 0 aliphatic carbocycles. The SMILES string of the molecule is CC(C)(C)OC(=O)ON1CCC(c2ccc(OCCCOCc3ccccc3)cc2)C(O)C1. The standard InChI is InChI=1S/C26H35NO6/c1-26(2,3)32-25(29)33-27-15-14-23(24(28)18-27)21-10-12-22(13-11-21)31-17-7-16-30-19-20-8-5-4-6-9-20/h4-6,8-13,23-24,28H,7,14-19H2,1-3H3. The van der Waals surface area contributed by atoms with E-state index in [1.54, 1.807) is 20.8 Å². The van der Waals surface area contributed by atoms with Crippen LogP contribution in [0.4, 0.5) is 4.79 Å². The van der Waals surface area contributed by atoms with Gasteiger partial charge in [-0.2, -0.15) is 0 Å². The topological polar surface area (TPSA) is 77.5 Å². The zero-order valence-electron chi connectivity index (χ0n) is 19.7. The minimum absolute atomic E-state index is 0.0241. The molecule has 2 unspecified atom stereocenters. The second kappa shape index (κ2) is 12.0. The van der Waals surface area contributed by atoms with E-state index in [4.69, 9.17) is 19.0 Å². The molecule has 1 N–H and O–H groups in total. The van der Waals surface area contributed by atoms with Crippen molar-refractivity contribution in [1.29, 1.82) is 0 Å². The van der Waals surface area contributed by atoms with Gasteiger partial charge in [-0.15, -0.1) is 5.06 Å². The molecule has 1 fully saturated rings. The number of hydroxylamine groups is 2. The molecule has 2 aromatic rings. The van der Waals surface area contributed by atoms with Gasteiger partial charge in [0, 0.05) is 18.9 Å². The highest BCUT2D eigenvalue weighted by Gasteiger charge is 2.32. The fourth-order valence-electron chi connectivity index (χ4n) is 3.67. The van der Waals surface area contributed by atoms with Gasteiger partial charge in [-0.05, 0) is 50.5 Å². The van der Waals surface area contributed by atoms with Gasteiger partial charge in [0.25, 0.3) is 0 Å². The van der Waals surface area contributed by atoms with Crippen LogP contribution in [0.15, 0.2) is 54.6 Å². The first-order chi connectivity index (χ1) is 15.8. The Balaban J connectivity index is 1.36. The lowest BCUT2D eigenvalue weighted by molar-refractivity contribution is -0.170. The first-order valence-corrected chi connectivity index (χ1v) is 11.5. The molecule has 0 amide bonds. The summed E-state index contributed by atoms with van der Waals surface area (Å²) >= 11 is 0. The second-order valence-corrected chi connectivity index (χ2v) is 9.22. The molecule has 7 nitrogen and oxygen atoms in total. The van der Waals surface area contributed by atoms with Gasteiger partial charge in [-0.1, -0.05) is 42.5 Å². The summed E-state index contributed by atoms with van der Waals surface area (Å²) < 4.78 is 16.6. The molecule has 180 valence electrons. The predicted molar refractivity (Wildman–Crippen MR) is 125 cm³/mol. The summed E-state index contributed by atoms with van der Waals surface area (Å²) in [5.74, 6) is 0.769. The Kier molecular flexibility index (Phi) is 9.11. The third kappa shape index (κ3) is 8.68. The Bertz CT molecular complexity index is 849. The summed E-state index contributed by atoms with van der Waals surface area (Å²) in [7, 11) is 0. The van der Waals surface area contributed by atoms with Crippen molar-refractivity contribution in [3.05, 3.63) is 65.7 Å². The van der Waals surface area contributed by atoms with Gasteiger partial charge >= 0.3 is 6.16 Å². The van der Waals surface area contributed by atoms with Crippen molar-refractivity contribution < 1.29 is 28.9 Å². The van der Waals surface area contributed by atoms with Gasteiger partial charge in [-0.25, -0.2) is 4.79 Å². The number of nitrogens with zero attached hydrogens (tertiary/aromatic N) is 1. The lowest BCUT2D eigenvalue weighted by Crippen LogP contribution is -2.44. The molecule has 1 saturated heterocycles. The van der Waals surface area contributed by atoms with Gasteiger partial charge in [0.05, 0.1) is 32.5 Å². The number of piperidine rings is 1. The van der Waals surface area contributed by atoms with E-state index in [1.165, 1.54) is 10.6 Å². The van der Waals surface area contributed by atoms with Gasteiger partial charge in [0.1, 0.15) is 11.4 Å². The van der Waals surface area contributed by atoms with E-state index < -0.39 is 17.9 Å². The van der Waals surface area contributed by atoms with E-state index in [0.29, 0.717) is 32.8 Å². The van der Waals surface area contributed by atoms with Crippen LogP contribution < -0.4 is 4.74 Å². The summed E-state index contributed by atoms with van der Waals surface area (Å²) in [4.78, 5) is 17.1. The number of aliphatic hydroxyl groups is 1. The van der Waals surface area contributed by atoms with Crippen molar-refractivity contribution in [3.8, 4) is 5.75 Å². The number of hydrogen-bond acceptors (Lipinski definition) is 7. The molecule has 33 heavy (non-hydrogen) atoms. The molecule has 0 spiro atoms. The number of benzene rings is 2. The lowest BCUT2D eigenvalue weighted by atomic mass is 9.88. The third-order valence-electron chi connectivity index (χ3n) is 5.26. The molecule has 2 atom stereocenters. The number of carbonyl (C=O) groups excluding carboxylic acids is 1. The Morgan fingerprint density at radius 2 is 1.79 bits per heavy atom. The van der Waals surface area contributed by atoms with Crippen molar-refractivity contribution in [2.45, 2.75) is 57.8 Å². The monoisotopic (exact) mass is 457 g/mol. The third-order valence-corrected chi connectivity index (χ3v) is 5.26. The molecule has 1 aliphatic rings. The van der Waals surface area contributed by atoms with Crippen LogP contribution in [0.25, 0.3) is 0 Å². The van der Waals surface area contributed by atoms with Crippen molar-refractivity contribution >= 4 is 6.16 Å². The van der Waals surface area contributed by atoms with Crippen LogP contribution in [-0.2, 0) is 20.9 Å². The van der Waals surface area contributed by atoms with Crippen LogP contribution in [0.1, 0.15) is 50.7 Å². The summed E-state index contributed by atoms with van der Waals surface area (Å²) in [6, 6.07) is 17.9. The highest BCUT2D eigenvalue weighted by Crippen LogP contribution is 2.30. The van der Waals surface area contributed by atoms with Gasteiger partial charge in [0.15, 0.2) is 0 Å². The Labute approximate surface area is 196 Å².